The van der Waals surface area contributed by atoms with Gasteiger partial charge in [0.15, 0.2) is 0 Å². The highest BCUT2D eigenvalue weighted by molar-refractivity contribution is 5.73. The molecular formula is C18H29N3O2. The smallest absolute Gasteiger partial charge is 0.314 e. The van der Waals surface area contributed by atoms with E-state index in [4.69, 9.17) is 0 Å². The molecule has 0 radical (unpaired) electrons. The van der Waals surface area contributed by atoms with Crippen LogP contribution in [0.2, 0.25) is 0 Å². The number of carbonyl (C=O) groups excluding carboxylic acids is 1. The number of hydrogen-bond acceptors (Lipinski definition) is 3. The quantitative estimate of drug-likeness (QED) is 0.687. The molecule has 0 spiro atoms. The Morgan fingerprint density at radius 2 is 1.96 bits per heavy atom. The Balaban J connectivity index is 1.70. The second kappa shape index (κ2) is 7.79. The van der Waals surface area contributed by atoms with E-state index in [-0.39, 0.29) is 12.6 Å². The van der Waals surface area contributed by atoms with E-state index in [1.54, 1.807) is 6.92 Å². The normalized spacial score (nSPS) is 17.1. The number of benzene rings is 1. The van der Waals surface area contributed by atoms with Gasteiger partial charge in [-0.25, -0.2) is 4.79 Å². The number of amides is 2. The minimum absolute atomic E-state index is 0.180. The molecule has 5 nitrogen and oxygen atoms in total. The zero-order valence-corrected chi connectivity index (χ0v) is 14.4. The van der Waals surface area contributed by atoms with Gasteiger partial charge >= 0.3 is 6.03 Å². The lowest BCUT2D eigenvalue weighted by Crippen LogP contribution is -2.46. The van der Waals surface area contributed by atoms with Gasteiger partial charge in [0, 0.05) is 25.2 Å². The minimum atomic E-state index is -1.07. The SMILES string of the molecule is CC(C)N(CCNC(=O)NCC(C)(O)c1ccccc1)C1CC1. The summed E-state index contributed by atoms with van der Waals surface area (Å²) in [7, 11) is 0. The van der Waals surface area contributed by atoms with Crippen LogP contribution in [0.15, 0.2) is 30.3 Å². The molecule has 1 aromatic carbocycles. The Bertz CT molecular complexity index is 496. The highest BCUT2D eigenvalue weighted by Gasteiger charge is 2.30. The highest BCUT2D eigenvalue weighted by Crippen LogP contribution is 2.27. The average molecular weight is 319 g/mol. The lowest BCUT2D eigenvalue weighted by Gasteiger charge is -2.27. The molecule has 2 rings (SSSR count). The van der Waals surface area contributed by atoms with Crippen molar-refractivity contribution in [2.75, 3.05) is 19.6 Å². The van der Waals surface area contributed by atoms with Gasteiger partial charge in [0.1, 0.15) is 5.60 Å². The number of carbonyl (C=O) groups is 1. The summed E-state index contributed by atoms with van der Waals surface area (Å²) in [5, 5.41) is 16.1. The molecule has 0 aliphatic heterocycles. The van der Waals surface area contributed by atoms with E-state index in [0.29, 0.717) is 18.6 Å². The van der Waals surface area contributed by atoms with Gasteiger partial charge in [-0.1, -0.05) is 30.3 Å². The summed E-state index contributed by atoms with van der Waals surface area (Å²) in [6.07, 6.45) is 2.54. The van der Waals surface area contributed by atoms with Crippen LogP contribution in [0.5, 0.6) is 0 Å². The Morgan fingerprint density at radius 3 is 2.52 bits per heavy atom. The van der Waals surface area contributed by atoms with Crippen LogP contribution in [0.4, 0.5) is 4.79 Å². The van der Waals surface area contributed by atoms with Crippen molar-refractivity contribution in [3.63, 3.8) is 0 Å². The zero-order chi connectivity index (χ0) is 16.9. The van der Waals surface area contributed by atoms with Crippen LogP contribution in [-0.2, 0) is 5.60 Å². The first kappa shape index (κ1) is 17.8. The van der Waals surface area contributed by atoms with Crippen molar-refractivity contribution in [1.29, 1.82) is 0 Å². The fourth-order valence-electron chi connectivity index (χ4n) is 2.78. The predicted molar refractivity (Wildman–Crippen MR) is 92.3 cm³/mol. The molecule has 1 aromatic rings. The molecule has 1 fully saturated rings. The number of aliphatic hydroxyl groups is 1. The number of nitrogens with one attached hydrogen (secondary N) is 2. The van der Waals surface area contributed by atoms with Gasteiger partial charge in [0.2, 0.25) is 0 Å². The fraction of sp³-hybridized carbons (Fsp3) is 0.611. The molecule has 23 heavy (non-hydrogen) atoms. The molecule has 1 saturated carbocycles. The van der Waals surface area contributed by atoms with E-state index in [1.165, 1.54) is 12.8 Å². The van der Waals surface area contributed by atoms with Crippen molar-refractivity contribution >= 4 is 6.03 Å². The van der Waals surface area contributed by atoms with Crippen molar-refractivity contribution in [3.05, 3.63) is 35.9 Å². The molecular weight excluding hydrogens is 290 g/mol. The summed E-state index contributed by atoms with van der Waals surface area (Å²) >= 11 is 0. The fourth-order valence-corrected chi connectivity index (χ4v) is 2.78. The summed E-state index contributed by atoms with van der Waals surface area (Å²) in [6.45, 7) is 7.75. The predicted octanol–water partition coefficient (Wildman–Crippen LogP) is 2.07. The van der Waals surface area contributed by atoms with Crippen molar-refractivity contribution in [2.45, 2.75) is 51.3 Å². The van der Waals surface area contributed by atoms with E-state index in [1.807, 2.05) is 30.3 Å². The summed E-state index contributed by atoms with van der Waals surface area (Å²) in [5.41, 5.74) is -0.281. The molecule has 1 aliphatic rings. The van der Waals surface area contributed by atoms with Gasteiger partial charge in [-0.05, 0) is 39.2 Å². The molecule has 1 aliphatic carbocycles. The molecule has 128 valence electrons. The Labute approximate surface area is 139 Å². The number of hydrogen-bond donors (Lipinski definition) is 3. The first-order valence-electron chi connectivity index (χ1n) is 8.45. The van der Waals surface area contributed by atoms with Crippen LogP contribution in [0.3, 0.4) is 0 Å². The van der Waals surface area contributed by atoms with Crippen molar-refractivity contribution in [3.8, 4) is 0 Å². The maximum Gasteiger partial charge on any atom is 0.314 e. The molecule has 2 amide bonds. The average Bonchev–Trinajstić information content (AvgIpc) is 3.35. The molecule has 0 heterocycles. The second-order valence-electron chi connectivity index (χ2n) is 6.81. The van der Waals surface area contributed by atoms with Gasteiger partial charge in [0.05, 0.1) is 6.54 Å². The summed E-state index contributed by atoms with van der Waals surface area (Å²) < 4.78 is 0. The van der Waals surface area contributed by atoms with Crippen LogP contribution in [0.1, 0.15) is 39.2 Å². The number of nitrogens with zero attached hydrogens (tertiary/aromatic N) is 1. The topological polar surface area (TPSA) is 64.6 Å². The molecule has 1 atom stereocenters. The summed E-state index contributed by atoms with van der Waals surface area (Å²) in [6, 6.07) is 10.3. The van der Waals surface area contributed by atoms with Gasteiger partial charge in [0.25, 0.3) is 0 Å². The van der Waals surface area contributed by atoms with Crippen LogP contribution in [-0.4, -0.2) is 47.8 Å². The maximum absolute atomic E-state index is 11.9. The van der Waals surface area contributed by atoms with E-state index in [9.17, 15) is 9.90 Å². The van der Waals surface area contributed by atoms with Gasteiger partial charge in [-0.2, -0.15) is 0 Å². The molecule has 3 N–H and O–H groups in total. The Kier molecular flexibility index (Phi) is 6.02. The van der Waals surface area contributed by atoms with E-state index in [2.05, 4.69) is 29.4 Å². The first-order valence-corrected chi connectivity index (χ1v) is 8.45. The van der Waals surface area contributed by atoms with Gasteiger partial charge in [-0.15, -0.1) is 0 Å². The molecule has 0 saturated heterocycles. The van der Waals surface area contributed by atoms with Crippen LogP contribution < -0.4 is 10.6 Å². The zero-order valence-electron chi connectivity index (χ0n) is 14.4. The lowest BCUT2D eigenvalue weighted by molar-refractivity contribution is 0.0593. The molecule has 5 heteroatoms. The maximum atomic E-state index is 11.9. The third-order valence-electron chi connectivity index (χ3n) is 4.32. The third kappa shape index (κ3) is 5.52. The minimum Gasteiger partial charge on any atom is -0.384 e. The monoisotopic (exact) mass is 319 g/mol. The van der Waals surface area contributed by atoms with Crippen molar-refractivity contribution in [2.24, 2.45) is 0 Å². The van der Waals surface area contributed by atoms with E-state index in [0.717, 1.165) is 12.1 Å². The summed E-state index contributed by atoms with van der Waals surface area (Å²) in [4.78, 5) is 14.3. The third-order valence-corrected chi connectivity index (χ3v) is 4.32. The molecule has 0 aromatic heterocycles. The van der Waals surface area contributed by atoms with E-state index < -0.39 is 5.60 Å². The van der Waals surface area contributed by atoms with Crippen molar-refractivity contribution in [1.82, 2.24) is 15.5 Å². The lowest BCUT2D eigenvalue weighted by atomic mass is 9.96. The first-order chi connectivity index (χ1) is 10.9. The van der Waals surface area contributed by atoms with Crippen LogP contribution >= 0.6 is 0 Å². The van der Waals surface area contributed by atoms with Gasteiger partial charge in [-0.3, -0.25) is 4.90 Å². The summed E-state index contributed by atoms with van der Waals surface area (Å²) in [5.74, 6) is 0. The van der Waals surface area contributed by atoms with Gasteiger partial charge < -0.3 is 15.7 Å². The van der Waals surface area contributed by atoms with Crippen LogP contribution in [0.25, 0.3) is 0 Å². The Hall–Kier alpha value is -1.59. The molecule has 1 unspecified atom stereocenters. The van der Waals surface area contributed by atoms with Crippen LogP contribution in [0, 0.1) is 0 Å². The number of urea groups is 1. The van der Waals surface area contributed by atoms with Crippen molar-refractivity contribution < 1.29 is 9.90 Å². The second-order valence-corrected chi connectivity index (χ2v) is 6.81. The highest BCUT2D eigenvalue weighted by atomic mass is 16.3. The van der Waals surface area contributed by atoms with E-state index >= 15 is 0 Å². The Morgan fingerprint density at radius 1 is 1.30 bits per heavy atom. The molecule has 0 bridgehead atoms. The standard InChI is InChI=1S/C18H29N3O2/c1-14(2)21(16-9-10-16)12-11-19-17(22)20-13-18(3,23)15-7-5-4-6-8-15/h4-8,14,16,23H,9-13H2,1-3H3,(H2,19,20,22). The largest absolute Gasteiger partial charge is 0.384 e. The number of rotatable bonds is 8.